The molecule has 0 aliphatic carbocycles. The Morgan fingerprint density at radius 3 is 2.72 bits per heavy atom. The number of anilines is 1. The normalized spacial score (nSPS) is 15.6. The number of amides is 2. The molecule has 1 atom stereocenters. The molecule has 150 valence electrons. The van der Waals surface area contributed by atoms with Crippen LogP contribution >= 0.6 is 27.7 Å². The fraction of sp³-hybridized carbons (Fsp3) is 0.286. The number of nitriles is 1. The molecule has 0 saturated carbocycles. The molecule has 6 nitrogen and oxygen atoms in total. The van der Waals surface area contributed by atoms with Crippen LogP contribution in [0.4, 0.5) is 5.69 Å². The lowest BCUT2D eigenvalue weighted by Crippen LogP contribution is -2.44. The molecule has 0 radical (unpaired) electrons. The lowest BCUT2D eigenvalue weighted by Gasteiger charge is -2.23. The van der Waals surface area contributed by atoms with Crippen LogP contribution in [0.1, 0.15) is 17.5 Å². The highest BCUT2D eigenvalue weighted by Gasteiger charge is 2.34. The van der Waals surface area contributed by atoms with Crippen molar-refractivity contribution in [3.05, 3.63) is 58.1 Å². The van der Waals surface area contributed by atoms with Gasteiger partial charge in [0, 0.05) is 17.9 Å². The molecule has 2 aromatic carbocycles. The van der Waals surface area contributed by atoms with Gasteiger partial charge in [0.1, 0.15) is 11.8 Å². The molecule has 3 rings (SSSR count). The largest absolute Gasteiger partial charge is 0.496 e. The van der Waals surface area contributed by atoms with Gasteiger partial charge in [0.25, 0.3) is 0 Å². The number of carbonyl (C=O) groups is 2. The first-order chi connectivity index (χ1) is 14.0. The van der Waals surface area contributed by atoms with Crippen LogP contribution in [-0.4, -0.2) is 41.5 Å². The number of halogens is 1. The van der Waals surface area contributed by atoms with Gasteiger partial charge in [-0.3, -0.25) is 9.59 Å². The highest BCUT2D eigenvalue weighted by molar-refractivity contribution is 9.10. The lowest BCUT2D eigenvalue weighted by atomic mass is 10.1. The maximum atomic E-state index is 12.7. The Balaban J connectivity index is 1.58. The molecule has 0 aromatic heterocycles. The molecule has 1 fully saturated rings. The SMILES string of the molecule is COc1ccc(CCC(=O)N2CSCC2C(=O)Nc2ccc(C#N)cc2)cc1Br. The number of rotatable bonds is 6. The molecule has 8 heteroatoms. The van der Waals surface area contributed by atoms with E-state index in [-0.39, 0.29) is 11.8 Å². The van der Waals surface area contributed by atoms with Gasteiger partial charge in [-0.1, -0.05) is 6.07 Å². The van der Waals surface area contributed by atoms with Crippen molar-refractivity contribution >= 4 is 45.2 Å². The van der Waals surface area contributed by atoms with E-state index in [1.54, 1.807) is 48.0 Å². The average molecular weight is 474 g/mol. The first kappa shape index (κ1) is 21.2. The molecule has 1 heterocycles. The van der Waals surface area contributed by atoms with Crippen molar-refractivity contribution in [1.29, 1.82) is 5.26 Å². The minimum absolute atomic E-state index is 0.0399. The quantitative estimate of drug-likeness (QED) is 0.689. The molecule has 0 spiro atoms. The third kappa shape index (κ3) is 5.31. The third-order valence-electron chi connectivity index (χ3n) is 4.63. The maximum absolute atomic E-state index is 12.7. The van der Waals surface area contributed by atoms with Gasteiger partial charge in [-0.2, -0.15) is 5.26 Å². The number of aryl methyl sites for hydroxylation is 1. The topological polar surface area (TPSA) is 82.4 Å². The van der Waals surface area contributed by atoms with Crippen LogP contribution in [0.15, 0.2) is 46.9 Å². The van der Waals surface area contributed by atoms with Crippen molar-refractivity contribution in [2.75, 3.05) is 24.1 Å². The summed E-state index contributed by atoms with van der Waals surface area (Å²) in [6.07, 6.45) is 0.923. The number of methoxy groups -OCH3 is 1. The Hall–Kier alpha value is -2.50. The standard InChI is InChI=1S/C21H20BrN3O3S/c1-28-19-8-4-14(10-17(19)22)5-9-20(26)25-13-29-12-18(25)21(27)24-16-6-2-15(11-23)3-7-16/h2-4,6-8,10,18H,5,9,12-13H2,1H3,(H,24,27). The van der Waals surface area contributed by atoms with Gasteiger partial charge in [-0.05, 0) is 64.3 Å². The van der Waals surface area contributed by atoms with E-state index in [9.17, 15) is 9.59 Å². The summed E-state index contributed by atoms with van der Waals surface area (Å²) in [5.41, 5.74) is 2.17. The van der Waals surface area contributed by atoms with E-state index in [0.29, 0.717) is 35.7 Å². The smallest absolute Gasteiger partial charge is 0.248 e. The number of nitrogens with zero attached hydrogens (tertiary/aromatic N) is 2. The van der Waals surface area contributed by atoms with E-state index in [4.69, 9.17) is 10.00 Å². The molecule has 1 aliphatic rings. The summed E-state index contributed by atoms with van der Waals surface area (Å²) < 4.78 is 6.07. The van der Waals surface area contributed by atoms with Crippen molar-refractivity contribution in [2.24, 2.45) is 0 Å². The molecule has 1 saturated heterocycles. The summed E-state index contributed by atoms with van der Waals surface area (Å²) in [6, 6.07) is 14.0. The first-order valence-corrected chi connectivity index (χ1v) is 11.0. The molecule has 29 heavy (non-hydrogen) atoms. The molecule has 2 aromatic rings. The zero-order chi connectivity index (χ0) is 20.8. The second kappa shape index (κ2) is 9.81. The number of ether oxygens (including phenoxy) is 1. The molecular weight excluding hydrogens is 454 g/mol. The summed E-state index contributed by atoms with van der Waals surface area (Å²) in [6.45, 7) is 0. The number of carbonyl (C=O) groups excluding carboxylic acids is 2. The minimum Gasteiger partial charge on any atom is -0.496 e. The van der Waals surface area contributed by atoms with Gasteiger partial charge in [-0.15, -0.1) is 11.8 Å². The highest BCUT2D eigenvalue weighted by atomic mass is 79.9. The first-order valence-electron chi connectivity index (χ1n) is 9.02. The Kier molecular flexibility index (Phi) is 7.18. The number of benzene rings is 2. The Morgan fingerprint density at radius 2 is 2.07 bits per heavy atom. The molecule has 1 aliphatic heterocycles. The van der Waals surface area contributed by atoms with Crippen LogP contribution < -0.4 is 10.1 Å². The second-order valence-electron chi connectivity index (χ2n) is 6.53. The molecule has 1 unspecified atom stereocenters. The van der Waals surface area contributed by atoms with E-state index < -0.39 is 6.04 Å². The molecule has 2 amide bonds. The van der Waals surface area contributed by atoms with E-state index in [1.165, 1.54) is 0 Å². The molecule has 1 N–H and O–H groups in total. The van der Waals surface area contributed by atoms with Gasteiger partial charge in [0.05, 0.1) is 29.1 Å². The van der Waals surface area contributed by atoms with E-state index in [0.717, 1.165) is 15.8 Å². The number of hydrogen-bond donors (Lipinski definition) is 1. The predicted octanol–water partition coefficient (Wildman–Crippen LogP) is 3.80. The summed E-state index contributed by atoms with van der Waals surface area (Å²) in [4.78, 5) is 27.0. The van der Waals surface area contributed by atoms with Gasteiger partial charge < -0.3 is 15.0 Å². The van der Waals surface area contributed by atoms with Crippen LogP contribution in [0.2, 0.25) is 0 Å². The Morgan fingerprint density at radius 1 is 1.31 bits per heavy atom. The van der Waals surface area contributed by atoms with Crippen molar-refractivity contribution in [3.8, 4) is 11.8 Å². The average Bonchev–Trinajstić information content (AvgIpc) is 3.23. The number of thioether (sulfide) groups is 1. The maximum Gasteiger partial charge on any atom is 0.248 e. The fourth-order valence-electron chi connectivity index (χ4n) is 3.02. The minimum atomic E-state index is -0.495. The van der Waals surface area contributed by atoms with Crippen molar-refractivity contribution in [3.63, 3.8) is 0 Å². The summed E-state index contributed by atoms with van der Waals surface area (Å²) >= 11 is 5.03. The van der Waals surface area contributed by atoms with Gasteiger partial charge >= 0.3 is 0 Å². The summed E-state index contributed by atoms with van der Waals surface area (Å²) in [5, 5.41) is 11.7. The van der Waals surface area contributed by atoms with E-state index in [1.807, 2.05) is 24.3 Å². The van der Waals surface area contributed by atoms with Crippen molar-refractivity contribution < 1.29 is 14.3 Å². The van der Waals surface area contributed by atoms with Gasteiger partial charge in [0.2, 0.25) is 11.8 Å². The molecule has 0 bridgehead atoms. The van der Waals surface area contributed by atoms with Crippen molar-refractivity contribution in [1.82, 2.24) is 4.90 Å². The van der Waals surface area contributed by atoms with Crippen LogP contribution in [0, 0.1) is 11.3 Å². The third-order valence-corrected chi connectivity index (χ3v) is 6.26. The van der Waals surface area contributed by atoms with Crippen molar-refractivity contribution in [2.45, 2.75) is 18.9 Å². The fourth-order valence-corrected chi connectivity index (χ4v) is 4.79. The van der Waals surface area contributed by atoms with Crippen LogP contribution in [0.5, 0.6) is 5.75 Å². The van der Waals surface area contributed by atoms with E-state index >= 15 is 0 Å². The monoisotopic (exact) mass is 473 g/mol. The predicted molar refractivity (Wildman–Crippen MR) is 117 cm³/mol. The summed E-state index contributed by atoms with van der Waals surface area (Å²) in [5.74, 6) is 1.58. The van der Waals surface area contributed by atoms with Crippen LogP contribution in [-0.2, 0) is 16.0 Å². The Bertz CT molecular complexity index is 943. The van der Waals surface area contributed by atoms with Crippen LogP contribution in [0.25, 0.3) is 0 Å². The second-order valence-corrected chi connectivity index (χ2v) is 8.38. The summed E-state index contributed by atoms with van der Waals surface area (Å²) in [7, 11) is 1.61. The van der Waals surface area contributed by atoms with E-state index in [2.05, 4.69) is 21.2 Å². The van der Waals surface area contributed by atoms with Gasteiger partial charge in [0.15, 0.2) is 0 Å². The lowest BCUT2D eigenvalue weighted by molar-refractivity contribution is -0.136. The number of nitrogens with one attached hydrogen (secondary N) is 1. The zero-order valence-electron chi connectivity index (χ0n) is 15.9. The Labute approximate surface area is 182 Å². The van der Waals surface area contributed by atoms with Crippen LogP contribution in [0.3, 0.4) is 0 Å². The number of hydrogen-bond acceptors (Lipinski definition) is 5. The zero-order valence-corrected chi connectivity index (χ0v) is 18.3. The highest BCUT2D eigenvalue weighted by Crippen LogP contribution is 2.27. The van der Waals surface area contributed by atoms with Gasteiger partial charge in [-0.25, -0.2) is 0 Å². The molecular formula is C21H20BrN3O3S.